The fourth-order valence-electron chi connectivity index (χ4n) is 1.64. The molecule has 0 bridgehead atoms. The first-order valence-electron chi connectivity index (χ1n) is 4.96. The van der Waals surface area contributed by atoms with Crippen molar-refractivity contribution in [2.24, 2.45) is 0 Å². The highest BCUT2D eigenvalue weighted by atomic mass is 16.4. The molecule has 0 radical (unpaired) electrons. The average Bonchev–Trinajstić information content (AvgIpc) is 2.67. The largest absolute Gasteiger partial charge is 0.478 e. The number of fused-ring (bicyclic) bond motifs is 1. The van der Waals surface area contributed by atoms with Gasteiger partial charge in [-0.25, -0.2) is 9.78 Å². The molecule has 0 saturated heterocycles. The van der Waals surface area contributed by atoms with Gasteiger partial charge in [-0.2, -0.15) is 5.26 Å². The number of hydrogen-bond donors (Lipinski definition) is 2. The van der Waals surface area contributed by atoms with E-state index >= 15 is 0 Å². The Balaban J connectivity index is 2.69. The topological polar surface area (TPSA) is 90.4 Å². The number of imidazole rings is 1. The lowest BCUT2D eigenvalue weighted by atomic mass is 10.2. The smallest absolute Gasteiger partial charge is 0.337 e. The van der Waals surface area contributed by atoms with E-state index in [1.807, 2.05) is 6.07 Å². The molecule has 0 unspecified atom stereocenters. The van der Waals surface area contributed by atoms with Gasteiger partial charge in [-0.3, -0.25) is 0 Å². The van der Waals surface area contributed by atoms with Gasteiger partial charge in [-0.05, 0) is 19.2 Å². The van der Waals surface area contributed by atoms with Gasteiger partial charge in [0.25, 0.3) is 0 Å². The summed E-state index contributed by atoms with van der Waals surface area (Å²) in [6.07, 6.45) is 1.47. The number of aromatic nitrogens is 2. The van der Waals surface area contributed by atoms with Crippen LogP contribution in [0.3, 0.4) is 0 Å². The van der Waals surface area contributed by atoms with Gasteiger partial charge in [0.2, 0.25) is 0 Å². The number of nitriles is 1. The number of rotatable bonds is 3. The summed E-state index contributed by atoms with van der Waals surface area (Å²) in [7, 11) is 1.76. The Morgan fingerprint density at radius 1 is 1.65 bits per heavy atom. The van der Waals surface area contributed by atoms with Crippen molar-refractivity contribution in [3.63, 3.8) is 0 Å². The van der Waals surface area contributed by atoms with Crippen molar-refractivity contribution in [1.29, 1.82) is 5.26 Å². The van der Waals surface area contributed by atoms with E-state index in [-0.39, 0.29) is 5.56 Å². The molecule has 0 aliphatic heterocycles. The lowest BCUT2D eigenvalue weighted by molar-refractivity contribution is 0.0696. The van der Waals surface area contributed by atoms with Crippen LogP contribution in [0.15, 0.2) is 18.3 Å². The van der Waals surface area contributed by atoms with Gasteiger partial charge in [0, 0.05) is 6.20 Å². The highest BCUT2D eigenvalue weighted by Crippen LogP contribution is 2.14. The van der Waals surface area contributed by atoms with E-state index in [2.05, 4.69) is 10.3 Å². The van der Waals surface area contributed by atoms with Crippen molar-refractivity contribution in [1.82, 2.24) is 14.7 Å². The van der Waals surface area contributed by atoms with E-state index in [1.165, 1.54) is 12.3 Å². The van der Waals surface area contributed by atoms with Gasteiger partial charge in [0.05, 0.1) is 17.6 Å². The number of carboxylic acid groups (broad SMARTS) is 1. The SMILES string of the molecule is CNCc1nc(C#N)c2ccc(C(=O)O)cn12. The van der Waals surface area contributed by atoms with Crippen LogP contribution < -0.4 is 5.32 Å². The highest BCUT2D eigenvalue weighted by molar-refractivity contribution is 5.87. The monoisotopic (exact) mass is 230 g/mol. The molecule has 0 aromatic carbocycles. The molecule has 0 aliphatic rings. The van der Waals surface area contributed by atoms with Crippen molar-refractivity contribution in [3.8, 4) is 6.07 Å². The molecular formula is C11H10N4O2. The first-order chi connectivity index (χ1) is 8.17. The molecule has 2 aromatic rings. The summed E-state index contributed by atoms with van der Waals surface area (Å²) in [4.78, 5) is 15.0. The third-order valence-electron chi connectivity index (χ3n) is 2.40. The van der Waals surface area contributed by atoms with E-state index in [0.29, 0.717) is 23.6 Å². The molecule has 0 spiro atoms. The number of carbonyl (C=O) groups is 1. The summed E-state index contributed by atoms with van der Waals surface area (Å²) in [5, 5.41) is 20.8. The van der Waals surface area contributed by atoms with Crippen LogP contribution in [-0.4, -0.2) is 27.5 Å². The summed E-state index contributed by atoms with van der Waals surface area (Å²) in [5.74, 6) is -0.392. The predicted octanol–water partition coefficient (Wildman–Crippen LogP) is 0.624. The van der Waals surface area contributed by atoms with Crippen LogP contribution in [0, 0.1) is 11.3 Å². The third-order valence-corrected chi connectivity index (χ3v) is 2.40. The summed E-state index contributed by atoms with van der Waals surface area (Å²) in [6.45, 7) is 0.464. The van der Waals surface area contributed by atoms with Gasteiger partial charge in [0.15, 0.2) is 5.69 Å². The number of pyridine rings is 1. The fraction of sp³-hybridized carbons (Fsp3) is 0.182. The molecule has 0 amide bonds. The first kappa shape index (κ1) is 11.1. The fourth-order valence-corrected chi connectivity index (χ4v) is 1.64. The molecule has 2 N–H and O–H groups in total. The molecule has 2 aromatic heterocycles. The average molecular weight is 230 g/mol. The molecule has 0 atom stereocenters. The Morgan fingerprint density at radius 2 is 2.41 bits per heavy atom. The molecule has 0 fully saturated rings. The van der Waals surface area contributed by atoms with Crippen LogP contribution in [0.1, 0.15) is 21.9 Å². The minimum Gasteiger partial charge on any atom is -0.478 e. The van der Waals surface area contributed by atoms with E-state index < -0.39 is 5.97 Å². The molecule has 0 saturated carbocycles. The zero-order valence-electron chi connectivity index (χ0n) is 9.14. The van der Waals surface area contributed by atoms with Gasteiger partial charge < -0.3 is 14.8 Å². The van der Waals surface area contributed by atoms with Crippen LogP contribution >= 0.6 is 0 Å². The maximum absolute atomic E-state index is 10.9. The Kier molecular flexibility index (Phi) is 2.77. The summed E-state index contributed by atoms with van der Waals surface area (Å²) in [6, 6.07) is 5.04. The molecule has 2 heterocycles. The standard InChI is InChI=1S/C11H10N4O2/c1-13-5-10-14-8(4-12)9-3-2-7(11(16)17)6-15(9)10/h2-3,6,13H,5H2,1H3,(H,16,17). The molecular weight excluding hydrogens is 220 g/mol. The third kappa shape index (κ3) is 1.84. The van der Waals surface area contributed by atoms with E-state index in [0.717, 1.165) is 0 Å². The zero-order chi connectivity index (χ0) is 12.4. The second-order valence-electron chi connectivity index (χ2n) is 3.50. The Bertz CT molecular complexity index is 624. The molecule has 86 valence electrons. The Hall–Kier alpha value is -2.39. The Morgan fingerprint density at radius 3 is 3.00 bits per heavy atom. The Labute approximate surface area is 97.1 Å². The number of nitrogens with zero attached hydrogens (tertiary/aromatic N) is 3. The number of nitrogens with one attached hydrogen (secondary N) is 1. The normalized spacial score (nSPS) is 10.4. The maximum Gasteiger partial charge on any atom is 0.337 e. The second-order valence-corrected chi connectivity index (χ2v) is 3.50. The van der Waals surface area contributed by atoms with Crippen LogP contribution in [0.4, 0.5) is 0 Å². The van der Waals surface area contributed by atoms with Crippen molar-refractivity contribution in [3.05, 3.63) is 35.4 Å². The van der Waals surface area contributed by atoms with Crippen LogP contribution in [0.25, 0.3) is 5.52 Å². The molecule has 17 heavy (non-hydrogen) atoms. The van der Waals surface area contributed by atoms with Crippen molar-refractivity contribution in [2.45, 2.75) is 6.54 Å². The minimum absolute atomic E-state index is 0.164. The molecule has 0 aliphatic carbocycles. The van der Waals surface area contributed by atoms with E-state index in [1.54, 1.807) is 17.5 Å². The number of aromatic carboxylic acids is 1. The maximum atomic E-state index is 10.9. The van der Waals surface area contributed by atoms with Gasteiger partial charge in [0.1, 0.15) is 11.9 Å². The quantitative estimate of drug-likeness (QED) is 0.806. The van der Waals surface area contributed by atoms with Gasteiger partial charge >= 0.3 is 5.97 Å². The first-order valence-corrected chi connectivity index (χ1v) is 4.96. The van der Waals surface area contributed by atoms with E-state index in [9.17, 15) is 4.79 Å². The van der Waals surface area contributed by atoms with Crippen LogP contribution in [-0.2, 0) is 6.54 Å². The van der Waals surface area contributed by atoms with Gasteiger partial charge in [-0.1, -0.05) is 0 Å². The van der Waals surface area contributed by atoms with Crippen molar-refractivity contribution in [2.75, 3.05) is 7.05 Å². The summed E-state index contributed by atoms with van der Waals surface area (Å²) < 4.78 is 1.62. The van der Waals surface area contributed by atoms with Crippen LogP contribution in [0.2, 0.25) is 0 Å². The second kappa shape index (κ2) is 4.23. The predicted molar refractivity (Wildman–Crippen MR) is 59.6 cm³/mol. The number of hydrogen-bond acceptors (Lipinski definition) is 4. The summed E-state index contributed by atoms with van der Waals surface area (Å²) >= 11 is 0. The molecule has 6 nitrogen and oxygen atoms in total. The highest BCUT2D eigenvalue weighted by Gasteiger charge is 2.12. The molecule has 2 rings (SSSR count). The van der Waals surface area contributed by atoms with Crippen molar-refractivity contribution < 1.29 is 9.90 Å². The minimum atomic E-state index is -1.01. The lowest BCUT2D eigenvalue weighted by Gasteiger charge is -2.01. The van der Waals surface area contributed by atoms with E-state index in [4.69, 9.17) is 10.4 Å². The van der Waals surface area contributed by atoms with Gasteiger partial charge in [-0.15, -0.1) is 0 Å². The molecule has 6 heteroatoms. The van der Waals surface area contributed by atoms with Crippen LogP contribution in [0.5, 0.6) is 0 Å². The summed E-state index contributed by atoms with van der Waals surface area (Å²) in [5.41, 5.74) is 1.08. The van der Waals surface area contributed by atoms with Crippen molar-refractivity contribution >= 4 is 11.5 Å². The number of carboxylic acids is 1. The zero-order valence-corrected chi connectivity index (χ0v) is 9.14. The lowest BCUT2D eigenvalue weighted by Crippen LogP contribution is -2.09.